The van der Waals surface area contributed by atoms with Crippen LogP contribution in [0.2, 0.25) is 0 Å². The quantitative estimate of drug-likeness (QED) is 0.657. The average Bonchev–Trinajstić information content (AvgIpc) is 2.62. The first-order valence-corrected chi connectivity index (χ1v) is 8.25. The molecule has 1 aromatic rings. The SMILES string of the molecule is CCCCOCCCNS(=O)(=O)c1c(N)nn(C)c1C. The molecule has 0 radical (unpaired) electrons. The molecule has 1 heterocycles. The van der Waals surface area contributed by atoms with Gasteiger partial charge in [0.1, 0.15) is 4.90 Å². The molecule has 0 aromatic carbocycles. The van der Waals surface area contributed by atoms with Crippen molar-refractivity contribution in [2.24, 2.45) is 7.05 Å². The van der Waals surface area contributed by atoms with Crippen LogP contribution in [0.3, 0.4) is 0 Å². The highest BCUT2D eigenvalue weighted by Gasteiger charge is 2.23. The maximum atomic E-state index is 12.1. The van der Waals surface area contributed by atoms with Crippen molar-refractivity contribution in [1.82, 2.24) is 14.5 Å². The summed E-state index contributed by atoms with van der Waals surface area (Å²) in [7, 11) is -1.95. The summed E-state index contributed by atoms with van der Waals surface area (Å²) in [5, 5.41) is 3.91. The standard InChI is InChI=1S/C12H24N4O3S/c1-4-5-8-19-9-6-7-14-20(17,18)11-10(2)16(3)15-12(11)13/h14H,4-9H2,1-3H3,(H2,13,15). The van der Waals surface area contributed by atoms with Gasteiger partial charge in [-0.3, -0.25) is 4.68 Å². The van der Waals surface area contributed by atoms with Crippen molar-refractivity contribution in [3.63, 3.8) is 0 Å². The number of nitrogen functional groups attached to an aromatic ring is 1. The molecule has 0 aliphatic rings. The van der Waals surface area contributed by atoms with Gasteiger partial charge in [-0.1, -0.05) is 13.3 Å². The second-order valence-electron chi connectivity index (χ2n) is 4.64. The number of hydrogen-bond acceptors (Lipinski definition) is 5. The van der Waals surface area contributed by atoms with Crippen LogP contribution in [0.25, 0.3) is 0 Å². The zero-order valence-electron chi connectivity index (χ0n) is 12.3. The minimum atomic E-state index is -3.61. The van der Waals surface area contributed by atoms with Crippen LogP contribution in [-0.4, -0.2) is 38.0 Å². The summed E-state index contributed by atoms with van der Waals surface area (Å²) in [5.41, 5.74) is 6.16. The number of nitrogens with one attached hydrogen (secondary N) is 1. The Balaban J connectivity index is 2.46. The lowest BCUT2D eigenvalue weighted by Gasteiger charge is -2.07. The van der Waals surface area contributed by atoms with Gasteiger partial charge in [-0.15, -0.1) is 0 Å². The van der Waals surface area contributed by atoms with Gasteiger partial charge in [0.25, 0.3) is 0 Å². The lowest BCUT2D eigenvalue weighted by Crippen LogP contribution is -2.26. The number of nitrogens with zero attached hydrogens (tertiary/aromatic N) is 2. The minimum Gasteiger partial charge on any atom is -0.381 e. The first-order valence-electron chi connectivity index (χ1n) is 6.76. The van der Waals surface area contributed by atoms with E-state index in [1.807, 2.05) is 0 Å². The highest BCUT2D eigenvalue weighted by molar-refractivity contribution is 7.89. The highest BCUT2D eigenvalue weighted by Crippen LogP contribution is 2.20. The summed E-state index contributed by atoms with van der Waals surface area (Å²) in [6.45, 7) is 5.36. The molecule has 0 unspecified atom stereocenters. The molecule has 0 fully saturated rings. The molecule has 0 aliphatic carbocycles. The fourth-order valence-corrected chi connectivity index (χ4v) is 3.14. The van der Waals surface area contributed by atoms with Crippen LogP contribution >= 0.6 is 0 Å². The molecule has 0 amide bonds. The molecule has 0 spiro atoms. The lowest BCUT2D eigenvalue weighted by atomic mass is 10.4. The van der Waals surface area contributed by atoms with Crippen LogP contribution in [0.15, 0.2) is 4.90 Å². The molecule has 0 saturated heterocycles. The van der Waals surface area contributed by atoms with Crippen molar-refractivity contribution >= 4 is 15.8 Å². The largest absolute Gasteiger partial charge is 0.381 e. The third kappa shape index (κ3) is 4.46. The summed E-state index contributed by atoms with van der Waals surface area (Å²) in [6, 6.07) is 0. The molecule has 0 bridgehead atoms. The van der Waals surface area contributed by atoms with E-state index in [0.29, 0.717) is 25.3 Å². The van der Waals surface area contributed by atoms with Crippen LogP contribution in [0.5, 0.6) is 0 Å². The van der Waals surface area contributed by atoms with Crippen LogP contribution in [-0.2, 0) is 21.8 Å². The summed E-state index contributed by atoms with van der Waals surface area (Å²) in [5.74, 6) is 0.0247. The lowest BCUT2D eigenvalue weighted by molar-refractivity contribution is 0.130. The Morgan fingerprint density at radius 3 is 2.55 bits per heavy atom. The maximum Gasteiger partial charge on any atom is 0.246 e. The van der Waals surface area contributed by atoms with E-state index in [1.54, 1.807) is 14.0 Å². The van der Waals surface area contributed by atoms with E-state index in [4.69, 9.17) is 10.5 Å². The number of nitrogens with two attached hydrogens (primary N) is 1. The second-order valence-corrected chi connectivity index (χ2v) is 6.34. The maximum absolute atomic E-state index is 12.1. The van der Waals surface area contributed by atoms with Crippen molar-refractivity contribution in [3.8, 4) is 0 Å². The Hall–Kier alpha value is -1.12. The molecule has 0 atom stereocenters. The van der Waals surface area contributed by atoms with Crippen molar-refractivity contribution in [1.29, 1.82) is 0 Å². The number of aryl methyl sites for hydroxylation is 1. The first kappa shape index (κ1) is 16.9. The van der Waals surface area contributed by atoms with Gasteiger partial charge >= 0.3 is 0 Å². The number of rotatable bonds is 9. The molecule has 8 heteroatoms. The zero-order chi connectivity index (χ0) is 15.2. The Kier molecular flexibility index (Phi) is 6.44. The molecular weight excluding hydrogens is 280 g/mol. The van der Waals surface area contributed by atoms with Gasteiger partial charge < -0.3 is 10.5 Å². The third-order valence-electron chi connectivity index (χ3n) is 2.97. The number of anilines is 1. The second kappa shape index (κ2) is 7.61. The van der Waals surface area contributed by atoms with E-state index < -0.39 is 10.0 Å². The average molecular weight is 304 g/mol. The number of ether oxygens (including phenoxy) is 1. The Labute approximate surface area is 120 Å². The van der Waals surface area contributed by atoms with E-state index in [-0.39, 0.29) is 10.7 Å². The van der Waals surface area contributed by atoms with Gasteiger partial charge in [0.15, 0.2) is 5.82 Å². The molecule has 0 aliphatic heterocycles. The van der Waals surface area contributed by atoms with Crippen LogP contribution in [0, 0.1) is 6.92 Å². The van der Waals surface area contributed by atoms with Crippen LogP contribution in [0.4, 0.5) is 5.82 Å². The minimum absolute atomic E-state index is 0.0247. The van der Waals surface area contributed by atoms with Gasteiger partial charge in [-0.05, 0) is 19.8 Å². The molecule has 7 nitrogen and oxygen atoms in total. The Bertz CT molecular complexity index is 525. The molecule has 20 heavy (non-hydrogen) atoms. The summed E-state index contributed by atoms with van der Waals surface area (Å²) >= 11 is 0. The monoisotopic (exact) mass is 304 g/mol. The van der Waals surface area contributed by atoms with Gasteiger partial charge in [-0.25, -0.2) is 13.1 Å². The van der Waals surface area contributed by atoms with Gasteiger partial charge in [-0.2, -0.15) is 5.10 Å². The predicted molar refractivity (Wildman–Crippen MR) is 77.9 cm³/mol. The third-order valence-corrected chi connectivity index (χ3v) is 4.60. The number of sulfonamides is 1. The smallest absolute Gasteiger partial charge is 0.246 e. The van der Waals surface area contributed by atoms with E-state index >= 15 is 0 Å². The molecule has 3 N–H and O–H groups in total. The number of aromatic nitrogens is 2. The van der Waals surface area contributed by atoms with E-state index in [2.05, 4.69) is 16.7 Å². The van der Waals surface area contributed by atoms with E-state index in [9.17, 15) is 8.42 Å². The molecule has 1 rings (SSSR count). The topological polar surface area (TPSA) is 99.2 Å². The van der Waals surface area contributed by atoms with E-state index in [1.165, 1.54) is 4.68 Å². The zero-order valence-corrected chi connectivity index (χ0v) is 13.2. The summed E-state index contributed by atoms with van der Waals surface area (Å²) < 4.78 is 33.6. The van der Waals surface area contributed by atoms with Crippen LogP contribution < -0.4 is 10.5 Å². The van der Waals surface area contributed by atoms with Gasteiger partial charge in [0, 0.05) is 26.8 Å². The molecule has 1 aromatic heterocycles. The van der Waals surface area contributed by atoms with Crippen molar-refractivity contribution in [2.75, 3.05) is 25.5 Å². The Morgan fingerprint density at radius 2 is 2.00 bits per heavy atom. The number of hydrogen-bond donors (Lipinski definition) is 2. The molecule has 0 saturated carbocycles. The van der Waals surface area contributed by atoms with Gasteiger partial charge in [0.2, 0.25) is 10.0 Å². The molecule has 116 valence electrons. The van der Waals surface area contributed by atoms with E-state index in [0.717, 1.165) is 19.4 Å². The fourth-order valence-electron chi connectivity index (χ4n) is 1.75. The van der Waals surface area contributed by atoms with Crippen molar-refractivity contribution in [2.45, 2.75) is 38.0 Å². The van der Waals surface area contributed by atoms with Gasteiger partial charge in [0.05, 0.1) is 5.69 Å². The normalized spacial score (nSPS) is 11.9. The highest BCUT2D eigenvalue weighted by atomic mass is 32.2. The van der Waals surface area contributed by atoms with Crippen LogP contribution in [0.1, 0.15) is 31.9 Å². The fraction of sp³-hybridized carbons (Fsp3) is 0.750. The number of unbranched alkanes of at least 4 members (excludes halogenated alkanes) is 1. The predicted octanol–water partition coefficient (Wildman–Crippen LogP) is 0.796. The Morgan fingerprint density at radius 1 is 1.35 bits per heavy atom. The summed E-state index contributed by atoms with van der Waals surface area (Å²) in [6.07, 6.45) is 2.74. The first-order chi connectivity index (χ1) is 9.40. The molecular formula is C12H24N4O3S. The van der Waals surface area contributed by atoms with Crippen molar-refractivity contribution in [3.05, 3.63) is 5.69 Å². The summed E-state index contributed by atoms with van der Waals surface area (Å²) in [4.78, 5) is 0.0619. The van der Waals surface area contributed by atoms with Crippen molar-refractivity contribution < 1.29 is 13.2 Å².